The van der Waals surface area contributed by atoms with E-state index in [0.29, 0.717) is 26.1 Å². The van der Waals surface area contributed by atoms with Crippen LogP contribution in [0.2, 0.25) is 0 Å². The van der Waals surface area contributed by atoms with Gasteiger partial charge in [0, 0.05) is 44.8 Å². The lowest BCUT2D eigenvalue weighted by Gasteiger charge is -2.22. The van der Waals surface area contributed by atoms with Gasteiger partial charge in [0.1, 0.15) is 5.82 Å². The molecule has 2 aromatic rings. The molecular formula is C23H33N5O2S. The van der Waals surface area contributed by atoms with E-state index in [2.05, 4.69) is 37.3 Å². The Morgan fingerprint density at radius 1 is 1.23 bits per heavy atom. The summed E-state index contributed by atoms with van der Waals surface area (Å²) in [5, 5.41) is 13.6. The summed E-state index contributed by atoms with van der Waals surface area (Å²) < 4.78 is 0. The Hall–Kier alpha value is -2.45. The van der Waals surface area contributed by atoms with Crippen LogP contribution in [-0.4, -0.2) is 61.0 Å². The number of anilines is 1. The molecule has 168 valence electrons. The Balaban J connectivity index is 1.38. The van der Waals surface area contributed by atoms with E-state index in [1.165, 1.54) is 5.56 Å². The van der Waals surface area contributed by atoms with Crippen LogP contribution in [0.3, 0.4) is 0 Å². The van der Waals surface area contributed by atoms with Gasteiger partial charge in [0.05, 0.1) is 5.92 Å². The van der Waals surface area contributed by atoms with E-state index in [4.69, 9.17) is 0 Å². The van der Waals surface area contributed by atoms with Crippen molar-refractivity contribution in [3.63, 3.8) is 0 Å². The Morgan fingerprint density at radius 2 is 2.10 bits per heavy atom. The number of nitrogens with zero attached hydrogens (tertiary/aromatic N) is 2. The van der Waals surface area contributed by atoms with Gasteiger partial charge in [-0.25, -0.2) is 4.98 Å². The highest BCUT2D eigenvalue weighted by atomic mass is 32.1. The zero-order chi connectivity index (χ0) is 22.1. The van der Waals surface area contributed by atoms with Crippen LogP contribution in [0.15, 0.2) is 35.2 Å². The maximum Gasteiger partial charge on any atom is 0.224 e. The number of amides is 2. The second-order valence-corrected chi connectivity index (χ2v) is 9.06. The van der Waals surface area contributed by atoms with Gasteiger partial charge in [0.2, 0.25) is 11.8 Å². The van der Waals surface area contributed by atoms with Crippen LogP contribution in [0.4, 0.5) is 5.82 Å². The molecule has 1 fully saturated rings. The first-order valence-corrected chi connectivity index (χ1v) is 11.9. The van der Waals surface area contributed by atoms with Crippen molar-refractivity contribution in [3.8, 4) is 0 Å². The van der Waals surface area contributed by atoms with Gasteiger partial charge in [-0.3, -0.25) is 9.59 Å². The van der Waals surface area contributed by atoms with Gasteiger partial charge in [-0.15, -0.1) is 0 Å². The predicted octanol–water partition coefficient (Wildman–Crippen LogP) is 2.44. The predicted molar refractivity (Wildman–Crippen MR) is 125 cm³/mol. The number of aromatic nitrogens is 1. The quantitative estimate of drug-likeness (QED) is 0.518. The number of hydrogen-bond acceptors (Lipinski definition) is 6. The molecule has 0 bridgehead atoms. The first-order valence-electron chi connectivity index (χ1n) is 10.9. The van der Waals surface area contributed by atoms with Gasteiger partial charge in [0.25, 0.3) is 0 Å². The molecule has 1 aliphatic rings. The number of rotatable bonds is 9. The van der Waals surface area contributed by atoms with Crippen molar-refractivity contribution in [1.82, 2.24) is 20.5 Å². The van der Waals surface area contributed by atoms with Gasteiger partial charge in [-0.05, 0) is 67.3 Å². The Morgan fingerprint density at radius 3 is 2.87 bits per heavy atom. The van der Waals surface area contributed by atoms with Gasteiger partial charge >= 0.3 is 0 Å². The number of nitrogens with one attached hydrogen (secondary N) is 3. The summed E-state index contributed by atoms with van der Waals surface area (Å²) in [7, 11) is 2.02. The van der Waals surface area contributed by atoms with E-state index in [1.54, 1.807) is 17.5 Å². The van der Waals surface area contributed by atoms with E-state index in [0.717, 1.165) is 37.2 Å². The van der Waals surface area contributed by atoms with Crippen molar-refractivity contribution in [2.45, 2.75) is 38.6 Å². The summed E-state index contributed by atoms with van der Waals surface area (Å²) >= 11 is 1.66. The lowest BCUT2D eigenvalue weighted by Crippen LogP contribution is -2.42. The van der Waals surface area contributed by atoms with E-state index in [1.807, 2.05) is 31.5 Å². The zero-order valence-corrected chi connectivity index (χ0v) is 19.2. The highest BCUT2D eigenvalue weighted by Crippen LogP contribution is 2.17. The molecule has 8 heteroatoms. The minimum atomic E-state index is -0.0608. The standard InChI is InChI=1S/C23H33N5O2S/c1-17-4-3-10-24-22(17)25-11-12-26-23(30)19-6-7-20(15-28(2)14-19)27-21(29)8-5-18-9-13-31-16-18/h3-4,9-10,13,16,19-20H,5-8,11-12,14-15H2,1-2H3,(H,24,25)(H,26,30)(H,27,29)/t19-,20+/m1/s1. The number of carbonyl (C=O) groups is 2. The summed E-state index contributed by atoms with van der Waals surface area (Å²) in [6, 6.07) is 6.07. The third-order valence-electron chi connectivity index (χ3n) is 5.61. The summed E-state index contributed by atoms with van der Waals surface area (Å²) in [6.45, 7) is 4.67. The average Bonchev–Trinajstić information content (AvgIpc) is 3.20. The van der Waals surface area contributed by atoms with E-state index in [9.17, 15) is 9.59 Å². The Kier molecular flexibility index (Phi) is 8.85. The summed E-state index contributed by atoms with van der Waals surface area (Å²) in [4.78, 5) is 31.5. The maximum absolute atomic E-state index is 12.7. The van der Waals surface area contributed by atoms with Crippen molar-refractivity contribution < 1.29 is 9.59 Å². The molecule has 2 atom stereocenters. The third-order valence-corrected chi connectivity index (χ3v) is 6.34. The van der Waals surface area contributed by atoms with Crippen molar-refractivity contribution in [2.75, 3.05) is 38.5 Å². The molecule has 31 heavy (non-hydrogen) atoms. The topological polar surface area (TPSA) is 86.4 Å². The molecule has 3 heterocycles. The zero-order valence-electron chi connectivity index (χ0n) is 18.4. The van der Waals surface area contributed by atoms with E-state index < -0.39 is 0 Å². The normalized spacial score (nSPS) is 19.4. The van der Waals surface area contributed by atoms with Crippen LogP contribution >= 0.6 is 11.3 Å². The molecule has 1 aliphatic heterocycles. The van der Waals surface area contributed by atoms with Gasteiger partial charge in [-0.1, -0.05) is 6.07 Å². The van der Waals surface area contributed by atoms with Crippen LogP contribution in [-0.2, 0) is 16.0 Å². The molecule has 0 unspecified atom stereocenters. The summed E-state index contributed by atoms with van der Waals surface area (Å²) in [5.41, 5.74) is 2.30. The number of carbonyl (C=O) groups excluding carboxylic acids is 2. The Labute approximate surface area is 188 Å². The van der Waals surface area contributed by atoms with Crippen LogP contribution in [0.1, 0.15) is 30.4 Å². The van der Waals surface area contributed by atoms with Crippen LogP contribution in [0.25, 0.3) is 0 Å². The average molecular weight is 444 g/mol. The van der Waals surface area contributed by atoms with Gasteiger partial charge in [0.15, 0.2) is 0 Å². The second-order valence-electron chi connectivity index (χ2n) is 8.28. The fourth-order valence-electron chi connectivity index (χ4n) is 3.92. The monoisotopic (exact) mass is 443 g/mol. The minimum absolute atomic E-state index is 0.0608. The number of aryl methyl sites for hydroxylation is 2. The lowest BCUT2D eigenvalue weighted by atomic mass is 10.0. The SMILES string of the molecule is Cc1cccnc1NCCNC(=O)[C@@H]1CC[C@H](NC(=O)CCc2ccsc2)CN(C)C1. The van der Waals surface area contributed by atoms with Crippen molar-refractivity contribution in [1.29, 1.82) is 0 Å². The fourth-order valence-corrected chi connectivity index (χ4v) is 4.62. The van der Waals surface area contributed by atoms with E-state index in [-0.39, 0.29) is 23.8 Å². The molecule has 2 aromatic heterocycles. The molecular weight excluding hydrogens is 410 g/mol. The van der Waals surface area contributed by atoms with Crippen molar-refractivity contribution in [3.05, 3.63) is 46.3 Å². The van der Waals surface area contributed by atoms with Crippen molar-refractivity contribution >= 4 is 29.0 Å². The van der Waals surface area contributed by atoms with Gasteiger partial charge < -0.3 is 20.9 Å². The third kappa shape index (κ3) is 7.63. The van der Waals surface area contributed by atoms with Gasteiger partial charge in [-0.2, -0.15) is 11.3 Å². The number of likely N-dealkylation sites (tertiary alicyclic amines) is 1. The molecule has 0 aromatic carbocycles. The number of pyridine rings is 1. The molecule has 0 aliphatic carbocycles. The molecule has 7 nitrogen and oxygen atoms in total. The maximum atomic E-state index is 12.7. The highest BCUT2D eigenvalue weighted by molar-refractivity contribution is 7.07. The molecule has 1 saturated heterocycles. The summed E-state index contributed by atoms with van der Waals surface area (Å²) in [5.74, 6) is 0.956. The smallest absolute Gasteiger partial charge is 0.224 e. The molecule has 0 radical (unpaired) electrons. The molecule has 3 N–H and O–H groups in total. The molecule has 2 amide bonds. The first kappa shape index (κ1) is 23.2. The van der Waals surface area contributed by atoms with Crippen LogP contribution < -0.4 is 16.0 Å². The minimum Gasteiger partial charge on any atom is -0.368 e. The largest absolute Gasteiger partial charge is 0.368 e. The fraction of sp³-hybridized carbons (Fsp3) is 0.522. The lowest BCUT2D eigenvalue weighted by molar-refractivity contribution is -0.125. The Bertz CT molecular complexity index is 842. The first-order chi connectivity index (χ1) is 15.0. The molecule has 0 saturated carbocycles. The molecule has 0 spiro atoms. The van der Waals surface area contributed by atoms with E-state index >= 15 is 0 Å². The highest BCUT2D eigenvalue weighted by Gasteiger charge is 2.27. The number of thiophene rings is 1. The number of likely N-dealkylation sites (N-methyl/N-ethyl adjacent to an activating group) is 1. The summed E-state index contributed by atoms with van der Waals surface area (Å²) in [6.07, 6.45) is 4.63. The van der Waals surface area contributed by atoms with Crippen LogP contribution in [0, 0.1) is 12.8 Å². The van der Waals surface area contributed by atoms with Crippen molar-refractivity contribution in [2.24, 2.45) is 5.92 Å². The molecule has 3 rings (SSSR count). The number of hydrogen-bond donors (Lipinski definition) is 3. The second kappa shape index (κ2) is 11.8. The van der Waals surface area contributed by atoms with Crippen LogP contribution in [0.5, 0.6) is 0 Å².